The van der Waals surface area contributed by atoms with Gasteiger partial charge in [-0.1, -0.05) is 0 Å². The highest BCUT2D eigenvalue weighted by atomic mass is 16.5. The van der Waals surface area contributed by atoms with Crippen molar-refractivity contribution in [1.29, 1.82) is 0 Å². The minimum atomic E-state index is -0.243. The Kier molecular flexibility index (Phi) is 3.89. The Morgan fingerprint density at radius 3 is 2.67 bits per heavy atom. The first-order valence-corrected chi connectivity index (χ1v) is 7.68. The van der Waals surface area contributed by atoms with Gasteiger partial charge in [-0.05, 0) is 39.9 Å². The molecule has 0 radical (unpaired) electrons. The maximum atomic E-state index is 11.7. The molecule has 1 saturated heterocycles. The van der Waals surface area contributed by atoms with Crippen LogP contribution in [0.2, 0.25) is 0 Å². The number of fused-ring (bicyclic) bond motifs is 1. The standard InChI is InChI=1S/C15H24N4O2/c1-11-13-10-18(15(20)21-3)9-6-14(13)19(16-11)12-4-7-17(2)8-5-12/h12H,4-10H2,1-3H3. The summed E-state index contributed by atoms with van der Waals surface area (Å²) in [7, 11) is 3.61. The van der Waals surface area contributed by atoms with Crippen LogP contribution in [-0.4, -0.2) is 59.5 Å². The number of aromatic nitrogens is 2. The molecule has 116 valence electrons. The van der Waals surface area contributed by atoms with Crippen molar-refractivity contribution in [1.82, 2.24) is 19.6 Å². The number of carbonyl (C=O) groups excluding carboxylic acids is 1. The molecule has 1 aromatic heterocycles. The monoisotopic (exact) mass is 292 g/mol. The molecule has 0 atom stereocenters. The van der Waals surface area contributed by atoms with Gasteiger partial charge in [-0.25, -0.2) is 4.79 Å². The highest BCUT2D eigenvalue weighted by Crippen LogP contribution is 2.29. The molecule has 1 aromatic rings. The van der Waals surface area contributed by atoms with Crippen LogP contribution in [0.1, 0.15) is 35.8 Å². The van der Waals surface area contributed by atoms with Crippen LogP contribution in [0, 0.1) is 6.92 Å². The zero-order valence-corrected chi connectivity index (χ0v) is 13.1. The molecule has 0 saturated carbocycles. The maximum absolute atomic E-state index is 11.7. The van der Waals surface area contributed by atoms with E-state index in [2.05, 4.69) is 16.6 Å². The number of ether oxygens (including phenoxy) is 1. The van der Waals surface area contributed by atoms with Gasteiger partial charge in [-0.15, -0.1) is 0 Å². The van der Waals surface area contributed by atoms with Gasteiger partial charge in [0.25, 0.3) is 0 Å². The molecule has 0 aromatic carbocycles. The van der Waals surface area contributed by atoms with E-state index < -0.39 is 0 Å². The van der Waals surface area contributed by atoms with E-state index in [-0.39, 0.29) is 6.09 Å². The molecule has 0 aliphatic carbocycles. The Morgan fingerprint density at radius 2 is 2.00 bits per heavy atom. The van der Waals surface area contributed by atoms with E-state index in [9.17, 15) is 4.79 Å². The van der Waals surface area contributed by atoms with Gasteiger partial charge >= 0.3 is 6.09 Å². The van der Waals surface area contributed by atoms with Crippen LogP contribution in [0.3, 0.4) is 0 Å². The summed E-state index contributed by atoms with van der Waals surface area (Å²) < 4.78 is 7.08. The number of aryl methyl sites for hydroxylation is 1. The third kappa shape index (κ3) is 2.64. The number of rotatable bonds is 1. The van der Waals surface area contributed by atoms with Crippen molar-refractivity contribution in [2.45, 2.75) is 38.8 Å². The van der Waals surface area contributed by atoms with Crippen molar-refractivity contribution in [3.8, 4) is 0 Å². The highest BCUT2D eigenvalue weighted by molar-refractivity contribution is 5.68. The Labute approximate surface area is 125 Å². The second-order valence-electron chi connectivity index (χ2n) is 6.13. The van der Waals surface area contributed by atoms with E-state index >= 15 is 0 Å². The number of carbonyl (C=O) groups is 1. The van der Waals surface area contributed by atoms with E-state index in [4.69, 9.17) is 9.84 Å². The normalized spacial score (nSPS) is 20.4. The molecule has 21 heavy (non-hydrogen) atoms. The summed E-state index contributed by atoms with van der Waals surface area (Å²) in [6, 6.07) is 0.508. The smallest absolute Gasteiger partial charge is 0.409 e. The first-order valence-electron chi connectivity index (χ1n) is 7.68. The minimum absolute atomic E-state index is 0.243. The SMILES string of the molecule is COC(=O)N1CCc2c(c(C)nn2C2CCN(C)CC2)C1. The number of methoxy groups -OCH3 is 1. The molecular weight excluding hydrogens is 268 g/mol. The molecule has 2 aliphatic heterocycles. The summed E-state index contributed by atoms with van der Waals surface area (Å²) in [6.45, 7) is 5.65. The van der Waals surface area contributed by atoms with E-state index in [1.54, 1.807) is 4.90 Å². The average molecular weight is 292 g/mol. The van der Waals surface area contributed by atoms with Gasteiger partial charge in [0.05, 0.1) is 25.4 Å². The van der Waals surface area contributed by atoms with Crippen molar-refractivity contribution in [2.24, 2.45) is 0 Å². The number of hydrogen-bond donors (Lipinski definition) is 0. The number of likely N-dealkylation sites (tertiary alicyclic amines) is 1. The van der Waals surface area contributed by atoms with Crippen LogP contribution < -0.4 is 0 Å². The fourth-order valence-electron chi connectivity index (χ4n) is 3.44. The molecule has 0 bridgehead atoms. The van der Waals surface area contributed by atoms with Crippen LogP contribution in [0.5, 0.6) is 0 Å². The molecule has 1 amide bonds. The molecule has 0 N–H and O–H groups in total. The summed E-state index contributed by atoms with van der Waals surface area (Å²) >= 11 is 0. The van der Waals surface area contributed by atoms with Gasteiger partial charge in [-0.3, -0.25) is 4.68 Å². The van der Waals surface area contributed by atoms with Crippen molar-refractivity contribution < 1.29 is 9.53 Å². The lowest BCUT2D eigenvalue weighted by Gasteiger charge is -2.32. The number of hydrogen-bond acceptors (Lipinski definition) is 4. The molecule has 0 unspecified atom stereocenters. The highest BCUT2D eigenvalue weighted by Gasteiger charge is 2.29. The van der Waals surface area contributed by atoms with Crippen molar-refractivity contribution in [3.63, 3.8) is 0 Å². The number of piperidine rings is 1. The van der Waals surface area contributed by atoms with E-state index in [1.165, 1.54) is 18.4 Å². The topological polar surface area (TPSA) is 50.6 Å². The zero-order chi connectivity index (χ0) is 15.0. The van der Waals surface area contributed by atoms with Crippen LogP contribution in [0.4, 0.5) is 4.79 Å². The largest absolute Gasteiger partial charge is 0.453 e. The third-order valence-electron chi connectivity index (χ3n) is 4.75. The van der Waals surface area contributed by atoms with E-state index in [0.717, 1.165) is 44.6 Å². The van der Waals surface area contributed by atoms with Crippen LogP contribution >= 0.6 is 0 Å². The summed E-state index contributed by atoms with van der Waals surface area (Å²) in [5.41, 5.74) is 3.59. The minimum Gasteiger partial charge on any atom is -0.453 e. The van der Waals surface area contributed by atoms with Crippen LogP contribution in [0.25, 0.3) is 0 Å². The van der Waals surface area contributed by atoms with Gasteiger partial charge in [0.1, 0.15) is 0 Å². The fraction of sp³-hybridized carbons (Fsp3) is 0.733. The quantitative estimate of drug-likeness (QED) is 0.788. The molecule has 0 spiro atoms. The molecule has 6 nitrogen and oxygen atoms in total. The van der Waals surface area contributed by atoms with Gasteiger partial charge in [0, 0.05) is 24.2 Å². The van der Waals surface area contributed by atoms with Crippen LogP contribution in [0.15, 0.2) is 0 Å². The Balaban J connectivity index is 1.82. The van der Waals surface area contributed by atoms with Gasteiger partial charge < -0.3 is 14.5 Å². The van der Waals surface area contributed by atoms with Crippen molar-refractivity contribution in [2.75, 3.05) is 33.8 Å². The van der Waals surface area contributed by atoms with E-state index in [0.29, 0.717) is 12.6 Å². The summed E-state index contributed by atoms with van der Waals surface area (Å²) in [4.78, 5) is 15.8. The van der Waals surface area contributed by atoms with Gasteiger partial charge in [-0.2, -0.15) is 5.10 Å². The lowest BCUT2D eigenvalue weighted by molar-refractivity contribution is 0.117. The second kappa shape index (κ2) is 5.67. The van der Waals surface area contributed by atoms with Crippen molar-refractivity contribution in [3.05, 3.63) is 17.0 Å². The molecule has 3 rings (SSSR count). The molecule has 2 aliphatic rings. The van der Waals surface area contributed by atoms with Gasteiger partial charge in [0.2, 0.25) is 0 Å². The fourth-order valence-corrected chi connectivity index (χ4v) is 3.44. The zero-order valence-electron chi connectivity index (χ0n) is 13.1. The first kappa shape index (κ1) is 14.4. The van der Waals surface area contributed by atoms with Crippen LogP contribution in [-0.2, 0) is 17.7 Å². The molecule has 1 fully saturated rings. The Hall–Kier alpha value is -1.56. The lowest BCUT2D eigenvalue weighted by Crippen LogP contribution is -2.37. The Bertz CT molecular complexity index is 532. The van der Waals surface area contributed by atoms with Crippen molar-refractivity contribution >= 4 is 6.09 Å². The molecular formula is C15H24N4O2. The Morgan fingerprint density at radius 1 is 1.29 bits per heavy atom. The first-order chi connectivity index (χ1) is 10.1. The maximum Gasteiger partial charge on any atom is 0.409 e. The third-order valence-corrected chi connectivity index (χ3v) is 4.75. The summed E-state index contributed by atoms with van der Waals surface area (Å²) in [5, 5.41) is 4.78. The second-order valence-corrected chi connectivity index (χ2v) is 6.13. The number of nitrogens with zero attached hydrogens (tertiary/aromatic N) is 4. The molecule has 3 heterocycles. The average Bonchev–Trinajstić information content (AvgIpc) is 2.84. The lowest BCUT2D eigenvalue weighted by atomic mass is 10.0. The van der Waals surface area contributed by atoms with Gasteiger partial charge in [0.15, 0.2) is 0 Å². The summed E-state index contributed by atoms with van der Waals surface area (Å²) in [5.74, 6) is 0. The molecule has 6 heteroatoms. The van der Waals surface area contributed by atoms with E-state index in [1.807, 2.05) is 6.92 Å². The predicted molar refractivity (Wildman–Crippen MR) is 79.3 cm³/mol. The summed E-state index contributed by atoms with van der Waals surface area (Å²) in [6.07, 6.45) is 2.94. The number of amides is 1. The predicted octanol–water partition coefficient (Wildman–Crippen LogP) is 1.58.